The van der Waals surface area contributed by atoms with E-state index in [1.165, 1.54) is 11.6 Å². The van der Waals surface area contributed by atoms with E-state index in [0.717, 1.165) is 17.3 Å². The molecule has 0 saturated carbocycles. The molecule has 0 aliphatic heterocycles. The standard InChI is InChI=1S/C19H18FNO/c1-3-14-4-7-18-15(11-14)8-9-21(18)12-19(22)16-5-6-17(20)13(2)10-16/h4-11H,3,12H2,1-2H3. The van der Waals surface area contributed by atoms with Crippen molar-refractivity contribution in [2.45, 2.75) is 26.8 Å². The van der Waals surface area contributed by atoms with E-state index in [4.69, 9.17) is 0 Å². The summed E-state index contributed by atoms with van der Waals surface area (Å²) in [5, 5.41) is 1.14. The Labute approximate surface area is 129 Å². The van der Waals surface area contributed by atoms with Crippen LogP contribution in [0.5, 0.6) is 0 Å². The summed E-state index contributed by atoms with van der Waals surface area (Å²) < 4.78 is 15.2. The Morgan fingerprint density at radius 1 is 1.14 bits per heavy atom. The maximum atomic E-state index is 13.3. The van der Waals surface area contributed by atoms with Crippen molar-refractivity contribution in [1.29, 1.82) is 0 Å². The lowest BCUT2D eigenvalue weighted by Gasteiger charge is -2.07. The number of rotatable bonds is 4. The summed E-state index contributed by atoms with van der Waals surface area (Å²) in [6, 6.07) is 12.8. The van der Waals surface area contributed by atoms with Crippen LogP contribution in [-0.2, 0) is 13.0 Å². The van der Waals surface area contributed by atoms with Crippen molar-refractivity contribution >= 4 is 16.7 Å². The number of ketones is 1. The first kappa shape index (κ1) is 14.5. The molecule has 3 aromatic rings. The molecule has 0 amide bonds. The summed E-state index contributed by atoms with van der Waals surface area (Å²) in [5.41, 5.74) is 3.37. The van der Waals surface area contributed by atoms with Gasteiger partial charge in [0.1, 0.15) is 5.82 Å². The maximum Gasteiger partial charge on any atom is 0.182 e. The van der Waals surface area contributed by atoms with E-state index in [2.05, 4.69) is 25.1 Å². The smallest absolute Gasteiger partial charge is 0.182 e. The van der Waals surface area contributed by atoms with Gasteiger partial charge in [0, 0.05) is 17.3 Å². The molecule has 2 nitrogen and oxygen atoms in total. The molecule has 0 aliphatic rings. The van der Waals surface area contributed by atoms with E-state index in [1.807, 2.05) is 16.8 Å². The molecule has 0 atom stereocenters. The number of benzene rings is 2. The molecule has 22 heavy (non-hydrogen) atoms. The highest BCUT2D eigenvalue weighted by molar-refractivity contribution is 5.97. The second-order valence-electron chi connectivity index (χ2n) is 5.58. The highest BCUT2D eigenvalue weighted by atomic mass is 19.1. The first-order valence-corrected chi connectivity index (χ1v) is 7.45. The van der Waals surface area contributed by atoms with Gasteiger partial charge < -0.3 is 4.57 Å². The lowest BCUT2D eigenvalue weighted by molar-refractivity contribution is 0.0973. The van der Waals surface area contributed by atoms with Gasteiger partial charge in [0.15, 0.2) is 5.78 Å². The summed E-state index contributed by atoms with van der Waals surface area (Å²) in [6.07, 6.45) is 2.92. The monoisotopic (exact) mass is 295 g/mol. The highest BCUT2D eigenvalue weighted by Gasteiger charge is 2.10. The van der Waals surface area contributed by atoms with Gasteiger partial charge in [-0.15, -0.1) is 0 Å². The van der Waals surface area contributed by atoms with Crippen molar-refractivity contribution in [2.75, 3.05) is 0 Å². The molecule has 1 aromatic heterocycles. The molecular weight excluding hydrogens is 277 g/mol. The quantitative estimate of drug-likeness (QED) is 0.648. The Hall–Kier alpha value is -2.42. The largest absolute Gasteiger partial charge is 0.340 e. The molecule has 3 heteroatoms. The molecule has 0 bridgehead atoms. The molecule has 3 rings (SSSR count). The summed E-state index contributed by atoms with van der Waals surface area (Å²) in [6.45, 7) is 4.06. The second-order valence-corrected chi connectivity index (χ2v) is 5.58. The summed E-state index contributed by atoms with van der Waals surface area (Å²) in [4.78, 5) is 12.4. The fraction of sp³-hybridized carbons (Fsp3) is 0.211. The number of Topliss-reactive ketones (excluding diaryl/α,β-unsaturated/α-hetero) is 1. The Morgan fingerprint density at radius 2 is 1.95 bits per heavy atom. The third-order valence-electron chi connectivity index (χ3n) is 4.04. The molecule has 0 unspecified atom stereocenters. The van der Waals surface area contributed by atoms with E-state index >= 15 is 0 Å². The number of nitrogens with zero attached hydrogens (tertiary/aromatic N) is 1. The molecule has 112 valence electrons. The lowest BCUT2D eigenvalue weighted by Crippen LogP contribution is -2.10. The normalized spacial score (nSPS) is 11.0. The van der Waals surface area contributed by atoms with Gasteiger partial charge >= 0.3 is 0 Å². The van der Waals surface area contributed by atoms with Crippen LogP contribution in [-0.4, -0.2) is 10.4 Å². The van der Waals surface area contributed by atoms with Crippen LogP contribution >= 0.6 is 0 Å². The number of hydrogen-bond acceptors (Lipinski definition) is 1. The van der Waals surface area contributed by atoms with Crippen LogP contribution in [0.2, 0.25) is 0 Å². The number of hydrogen-bond donors (Lipinski definition) is 0. The Bertz CT molecular complexity index is 848. The molecule has 1 heterocycles. The zero-order valence-electron chi connectivity index (χ0n) is 12.8. The number of fused-ring (bicyclic) bond motifs is 1. The molecule has 0 aliphatic carbocycles. The predicted octanol–water partition coefficient (Wildman–Crippen LogP) is 4.53. The molecular formula is C19H18FNO. The average molecular weight is 295 g/mol. The van der Waals surface area contributed by atoms with Crippen molar-refractivity contribution in [3.8, 4) is 0 Å². The highest BCUT2D eigenvalue weighted by Crippen LogP contribution is 2.19. The van der Waals surface area contributed by atoms with Crippen LogP contribution in [0, 0.1) is 12.7 Å². The summed E-state index contributed by atoms with van der Waals surface area (Å²) in [5.74, 6) is -0.296. The predicted molar refractivity (Wildman–Crippen MR) is 86.8 cm³/mol. The van der Waals surface area contributed by atoms with E-state index in [-0.39, 0.29) is 18.1 Å². The summed E-state index contributed by atoms with van der Waals surface area (Å²) >= 11 is 0. The Balaban J connectivity index is 1.89. The first-order chi connectivity index (χ1) is 10.6. The van der Waals surface area contributed by atoms with Gasteiger partial charge in [0.05, 0.1) is 6.54 Å². The average Bonchev–Trinajstić information content (AvgIpc) is 2.92. The molecule has 2 aromatic carbocycles. The zero-order chi connectivity index (χ0) is 15.7. The van der Waals surface area contributed by atoms with Crippen molar-refractivity contribution in [3.05, 3.63) is 71.2 Å². The van der Waals surface area contributed by atoms with Gasteiger partial charge in [-0.25, -0.2) is 4.39 Å². The van der Waals surface area contributed by atoms with Crippen LogP contribution in [0.25, 0.3) is 10.9 Å². The minimum absolute atomic E-state index is 0.0137. The Kier molecular flexibility index (Phi) is 3.80. The van der Waals surface area contributed by atoms with E-state index in [9.17, 15) is 9.18 Å². The topological polar surface area (TPSA) is 22.0 Å². The molecule has 0 N–H and O–H groups in total. The van der Waals surface area contributed by atoms with E-state index in [1.54, 1.807) is 19.1 Å². The van der Waals surface area contributed by atoms with Gasteiger partial charge in [0.25, 0.3) is 0 Å². The van der Waals surface area contributed by atoms with Crippen molar-refractivity contribution in [3.63, 3.8) is 0 Å². The maximum absolute atomic E-state index is 13.3. The van der Waals surface area contributed by atoms with Crippen molar-refractivity contribution < 1.29 is 9.18 Å². The minimum atomic E-state index is -0.282. The number of aryl methyl sites for hydroxylation is 2. The molecule has 0 radical (unpaired) electrons. The SMILES string of the molecule is CCc1ccc2c(ccn2CC(=O)c2ccc(F)c(C)c2)c1. The van der Waals surface area contributed by atoms with Crippen molar-refractivity contribution in [2.24, 2.45) is 0 Å². The second kappa shape index (κ2) is 5.76. The third-order valence-corrected chi connectivity index (χ3v) is 4.04. The molecule has 0 spiro atoms. The number of carbonyl (C=O) groups is 1. The molecule has 0 saturated heterocycles. The van der Waals surface area contributed by atoms with Gasteiger partial charge in [0.2, 0.25) is 0 Å². The minimum Gasteiger partial charge on any atom is -0.340 e. The van der Waals surface area contributed by atoms with Crippen LogP contribution < -0.4 is 0 Å². The number of halogens is 1. The first-order valence-electron chi connectivity index (χ1n) is 7.45. The van der Waals surface area contributed by atoms with Gasteiger partial charge in [-0.05, 0) is 66.3 Å². The summed E-state index contributed by atoms with van der Waals surface area (Å²) in [7, 11) is 0. The Morgan fingerprint density at radius 3 is 2.68 bits per heavy atom. The number of aromatic nitrogens is 1. The van der Waals surface area contributed by atoms with Crippen molar-refractivity contribution in [1.82, 2.24) is 4.57 Å². The third kappa shape index (κ3) is 2.67. The molecule has 0 fully saturated rings. The van der Waals surface area contributed by atoms with Crippen LogP contribution in [0.1, 0.15) is 28.4 Å². The van der Waals surface area contributed by atoms with E-state index < -0.39 is 0 Å². The van der Waals surface area contributed by atoms with Crippen LogP contribution in [0.3, 0.4) is 0 Å². The fourth-order valence-corrected chi connectivity index (χ4v) is 2.67. The fourth-order valence-electron chi connectivity index (χ4n) is 2.67. The van der Waals surface area contributed by atoms with Crippen LogP contribution in [0.4, 0.5) is 4.39 Å². The lowest BCUT2D eigenvalue weighted by atomic mass is 10.1. The van der Waals surface area contributed by atoms with Gasteiger partial charge in [-0.2, -0.15) is 0 Å². The van der Waals surface area contributed by atoms with Gasteiger partial charge in [-0.1, -0.05) is 13.0 Å². The van der Waals surface area contributed by atoms with E-state index in [0.29, 0.717) is 11.1 Å². The number of carbonyl (C=O) groups excluding carboxylic acids is 1. The van der Waals surface area contributed by atoms with Gasteiger partial charge in [-0.3, -0.25) is 4.79 Å². The van der Waals surface area contributed by atoms with Crippen LogP contribution in [0.15, 0.2) is 48.7 Å². The zero-order valence-corrected chi connectivity index (χ0v) is 12.8.